The van der Waals surface area contributed by atoms with Crippen molar-refractivity contribution in [3.05, 3.63) is 0 Å². The van der Waals surface area contributed by atoms with E-state index < -0.39 is 6.10 Å². The van der Waals surface area contributed by atoms with Gasteiger partial charge in [-0.05, 0) is 91.8 Å². The lowest BCUT2D eigenvalue weighted by Crippen LogP contribution is -2.63. The fraction of sp³-hybridized carbons (Fsp3) is 0.886. The van der Waals surface area contributed by atoms with Crippen LogP contribution in [0.4, 0.5) is 0 Å². The van der Waals surface area contributed by atoms with Crippen LogP contribution in [0.25, 0.3) is 0 Å². The number of carbonyl (C=O) groups is 4. The van der Waals surface area contributed by atoms with Gasteiger partial charge in [-0.1, -0.05) is 33.6 Å². The molecule has 4 saturated carbocycles. The van der Waals surface area contributed by atoms with E-state index in [0.717, 1.165) is 57.8 Å². The highest BCUT2D eigenvalue weighted by atomic mass is 16.6. The van der Waals surface area contributed by atoms with Crippen molar-refractivity contribution in [3.8, 4) is 0 Å². The SMILES string of the molecule is CC(=O)OCC(CCCC(C)[C@H]1CC[C@H]2[C@@H]3C(OC(C)=O)C[C@@H]4CC(OC(C)=O)CCC4(C)[C@H]3C[C@H](O)C12C)COC(C)=O. The molecule has 4 fully saturated rings. The lowest BCUT2D eigenvalue weighted by atomic mass is 9.43. The Morgan fingerprint density at radius 1 is 0.795 bits per heavy atom. The summed E-state index contributed by atoms with van der Waals surface area (Å²) in [6.07, 6.45) is 8.03. The van der Waals surface area contributed by atoms with Crippen molar-refractivity contribution >= 4 is 23.9 Å². The molecule has 0 aromatic heterocycles. The minimum absolute atomic E-state index is 0.00285. The number of aliphatic hydroxyl groups is 1. The molecule has 4 aliphatic rings. The van der Waals surface area contributed by atoms with Gasteiger partial charge in [0.05, 0.1) is 19.3 Å². The number of carbonyl (C=O) groups excluding carboxylic acids is 4. The molecule has 0 aromatic carbocycles. The summed E-state index contributed by atoms with van der Waals surface area (Å²) in [5.74, 6) is 0.469. The predicted octanol–water partition coefficient (Wildman–Crippen LogP) is 5.64. The van der Waals surface area contributed by atoms with Crippen LogP contribution >= 0.6 is 0 Å². The molecule has 4 aliphatic carbocycles. The quantitative estimate of drug-likeness (QED) is 0.231. The maximum atomic E-state index is 12.4. The average molecular weight is 621 g/mol. The maximum absolute atomic E-state index is 12.4. The van der Waals surface area contributed by atoms with Crippen molar-refractivity contribution in [2.24, 2.45) is 52.3 Å². The zero-order chi connectivity index (χ0) is 32.4. The number of ether oxygens (including phenoxy) is 4. The third-order valence-corrected chi connectivity index (χ3v) is 12.4. The Labute approximate surface area is 263 Å². The first kappa shape index (κ1) is 34.7. The zero-order valence-corrected chi connectivity index (χ0v) is 28.0. The molecule has 0 radical (unpaired) electrons. The number of aliphatic hydroxyl groups excluding tert-OH is 1. The second kappa shape index (κ2) is 14.1. The molecule has 1 N–H and O–H groups in total. The van der Waals surface area contributed by atoms with Crippen LogP contribution in [0.5, 0.6) is 0 Å². The monoisotopic (exact) mass is 620 g/mol. The average Bonchev–Trinajstić information content (AvgIpc) is 3.28. The van der Waals surface area contributed by atoms with Crippen molar-refractivity contribution < 1.29 is 43.2 Å². The summed E-state index contributed by atoms with van der Waals surface area (Å²) in [4.78, 5) is 46.9. The zero-order valence-electron chi connectivity index (χ0n) is 28.0. The normalized spacial score (nSPS) is 38.5. The molecular weight excluding hydrogens is 564 g/mol. The van der Waals surface area contributed by atoms with Crippen molar-refractivity contribution in [2.45, 2.75) is 131 Å². The Morgan fingerprint density at radius 2 is 1.43 bits per heavy atom. The molecule has 0 bridgehead atoms. The highest BCUT2D eigenvalue weighted by Crippen LogP contribution is 2.69. The highest BCUT2D eigenvalue weighted by molar-refractivity contribution is 5.67. The molecule has 9 nitrogen and oxygen atoms in total. The molecule has 9 heteroatoms. The molecule has 5 unspecified atom stereocenters. The van der Waals surface area contributed by atoms with Crippen molar-refractivity contribution in [1.29, 1.82) is 0 Å². The number of esters is 4. The molecule has 0 saturated heterocycles. The van der Waals surface area contributed by atoms with Crippen LogP contribution in [0.15, 0.2) is 0 Å². The van der Waals surface area contributed by atoms with Gasteiger partial charge in [0.25, 0.3) is 0 Å². The first-order valence-electron chi connectivity index (χ1n) is 17.0. The largest absolute Gasteiger partial charge is 0.465 e. The lowest BCUT2D eigenvalue weighted by Gasteiger charge is -2.64. The van der Waals surface area contributed by atoms with E-state index in [1.54, 1.807) is 0 Å². The van der Waals surface area contributed by atoms with Gasteiger partial charge in [-0.3, -0.25) is 19.2 Å². The Morgan fingerprint density at radius 3 is 2.02 bits per heavy atom. The summed E-state index contributed by atoms with van der Waals surface area (Å²) < 4.78 is 22.2. The Hall–Kier alpha value is -2.16. The van der Waals surface area contributed by atoms with E-state index in [1.807, 2.05) is 0 Å². The summed E-state index contributed by atoms with van der Waals surface area (Å²) in [5.41, 5.74) is -0.269. The van der Waals surface area contributed by atoms with E-state index in [-0.39, 0.29) is 89.7 Å². The summed E-state index contributed by atoms with van der Waals surface area (Å²) in [6, 6.07) is 0. The third-order valence-electron chi connectivity index (χ3n) is 12.4. The van der Waals surface area contributed by atoms with Crippen LogP contribution in [0.1, 0.15) is 113 Å². The van der Waals surface area contributed by atoms with E-state index in [1.165, 1.54) is 27.7 Å². The number of fused-ring (bicyclic) bond motifs is 5. The molecule has 0 heterocycles. The molecular formula is C35H56O9. The van der Waals surface area contributed by atoms with Gasteiger partial charge in [-0.25, -0.2) is 0 Å². The topological polar surface area (TPSA) is 125 Å². The van der Waals surface area contributed by atoms with Crippen LogP contribution in [0, 0.1) is 52.3 Å². The van der Waals surface area contributed by atoms with Crippen LogP contribution < -0.4 is 0 Å². The number of rotatable bonds is 11. The fourth-order valence-electron chi connectivity index (χ4n) is 10.4. The van der Waals surface area contributed by atoms with Gasteiger partial charge in [0.15, 0.2) is 0 Å². The molecule has 0 aromatic rings. The van der Waals surface area contributed by atoms with Gasteiger partial charge in [-0.15, -0.1) is 0 Å². The minimum atomic E-state index is -0.441. The Bertz CT molecular complexity index is 1040. The smallest absolute Gasteiger partial charge is 0.302 e. The second-order valence-corrected chi connectivity index (χ2v) is 15.1. The molecule has 0 amide bonds. The molecule has 0 aliphatic heterocycles. The second-order valence-electron chi connectivity index (χ2n) is 15.1. The van der Waals surface area contributed by atoms with Gasteiger partial charge in [-0.2, -0.15) is 0 Å². The first-order valence-corrected chi connectivity index (χ1v) is 17.0. The van der Waals surface area contributed by atoms with E-state index in [4.69, 9.17) is 18.9 Å². The van der Waals surface area contributed by atoms with Crippen LogP contribution in [-0.4, -0.2) is 60.5 Å². The van der Waals surface area contributed by atoms with E-state index in [9.17, 15) is 24.3 Å². The van der Waals surface area contributed by atoms with Crippen molar-refractivity contribution in [1.82, 2.24) is 0 Å². The molecule has 44 heavy (non-hydrogen) atoms. The third kappa shape index (κ3) is 7.28. The van der Waals surface area contributed by atoms with Gasteiger partial charge in [0.1, 0.15) is 12.2 Å². The summed E-state index contributed by atoms with van der Waals surface area (Å²) in [5, 5.41) is 12.0. The maximum Gasteiger partial charge on any atom is 0.302 e. The highest BCUT2D eigenvalue weighted by Gasteiger charge is 2.66. The summed E-state index contributed by atoms with van der Waals surface area (Å²) >= 11 is 0. The summed E-state index contributed by atoms with van der Waals surface area (Å²) in [7, 11) is 0. The van der Waals surface area contributed by atoms with E-state index in [0.29, 0.717) is 18.3 Å². The Balaban J connectivity index is 1.48. The predicted molar refractivity (Wildman–Crippen MR) is 163 cm³/mol. The van der Waals surface area contributed by atoms with Crippen LogP contribution in [0.2, 0.25) is 0 Å². The van der Waals surface area contributed by atoms with Crippen molar-refractivity contribution in [3.63, 3.8) is 0 Å². The summed E-state index contributed by atoms with van der Waals surface area (Å²) in [6.45, 7) is 13.2. The van der Waals surface area contributed by atoms with Gasteiger partial charge >= 0.3 is 23.9 Å². The van der Waals surface area contributed by atoms with E-state index in [2.05, 4.69) is 20.8 Å². The standard InChI is InChI=1S/C35H56O9/c1-20(9-8-10-25(18-41-21(2)36)19-42-22(3)37)28-11-12-29-33-30(17-32(40)35(28,29)7)34(6)14-13-27(43-23(4)38)15-26(34)16-31(33)44-24(5)39/h20,25-33,40H,8-19H2,1-7H3/t20?,26-,27?,28+,29-,30-,31?,32-,33-,34?,35?/m0/s1. The van der Waals surface area contributed by atoms with Crippen LogP contribution in [0.3, 0.4) is 0 Å². The fourth-order valence-corrected chi connectivity index (χ4v) is 10.4. The first-order chi connectivity index (χ1) is 20.7. The van der Waals surface area contributed by atoms with Gasteiger partial charge in [0, 0.05) is 39.5 Å². The van der Waals surface area contributed by atoms with Crippen molar-refractivity contribution in [2.75, 3.05) is 13.2 Å². The minimum Gasteiger partial charge on any atom is -0.465 e. The Kier molecular flexibility index (Phi) is 11.1. The lowest BCUT2D eigenvalue weighted by molar-refractivity contribution is -0.218. The molecule has 11 atom stereocenters. The van der Waals surface area contributed by atoms with Gasteiger partial charge < -0.3 is 24.1 Å². The molecule has 0 spiro atoms. The van der Waals surface area contributed by atoms with Gasteiger partial charge in [0.2, 0.25) is 0 Å². The number of hydrogen-bond donors (Lipinski definition) is 1. The molecule has 4 rings (SSSR count). The van der Waals surface area contributed by atoms with Crippen LogP contribution in [-0.2, 0) is 38.1 Å². The number of hydrogen-bond acceptors (Lipinski definition) is 9. The molecule has 250 valence electrons. The van der Waals surface area contributed by atoms with E-state index >= 15 is 0 Å².